The Morgan fingerprint density at radius 2 is 1.71 bits per heavy atom. The van der Waals surface area contributed by atoms with Gasteiger partial charge >= 0.3 is 12.0 Å². The molecular weight excluding hydrogens is 554 g/mol. The van der Waals surface area contributed by atoms with Crippen LogP contribution in [0.15, 0.2) is 66.2 Å². The Balaban J connectivity index is 1.36. The predicted molar refractivity (Wildman–Crippen MR) is 151 cm³/mol. The highest BCUT2D eigenvalue weighted by Gasteiger charge is 2.14. The molecule has 2 aromatic heterocycles. The van der Waals surface area contributed by atoms with Crippen molar-refractivity contribution in [2.75, 3.05) is 23.8 Å². The van der Waals surface area contributed by atoms with Crippen LogP contribution in [-0.4, -0.2) is 36.0 Å². The quantitative estimate of drug-likeness (QED) is 0.184. The topological polar surface area (TPSA) is 119 Å². The lowest BCUT2D eigenvalue weighted by molar-refractivity contribution is -0.142. The summed E-state index contributed by atoms with van der Waals surface area (Å²) < 4.78 is 39.2. The summed E-state index contributed by atoms with van der Waals surface area (Å²) in [5, 5.41) is 9.15. The molecule has 212 valence electrons. The minimum Gasteiger partial charge on any atom is -0.466 e. The fraction of sp³-hybridized carbons (Fsp3) is 0.172. The number of urea groups is 1. The number of hydrogen-bond acceptors (Lipinski definition) is 7. The van der Waals surface area contributed by atoms with Gasteiger partial charge in [0.2, 0.25) is 0 Å². The molecule has 0 bridgehead atoms. The van der Waals surface area contributed by atoms with Crippen molar-refractivity contribution in [1.29, 1.82) is 0 Å². The van der Waals surface area contributed by atoms with Crippen LogP contribution in [0.4, 0.5) is 25.0 Å². The second-order valence-corrected chi connectivity index (χ2v) is 9.60. The van der Waals surface area contributed by atoms with Crippen molar-refractivity contribution in [3.8, 4) is 22.8 Å². The molecular formula is C29H26F2N4O5S. The van der Waals surface area contributed by atoms with Crippen molar-refractivity contribution in [3.05, 3.63) is 88.2 Å². The zero-order chi connectivity index (χ0) is 29.4. The molecule has 0 radical (unpaired) electrons. The first-order chi connectivity index (χ1) is 19.7. The van der Waals surface area contributed by atoms with Crippen molar-refractivity contribution in [2.45, 2.75) is 20.3 Å². The molecule has 3 N–H and O–H groups in total. The summed E-state index contributed by atoms with van der Waals surface area (Å²) in [6.07, 6.45) is 1.60. The average molecular weight is 581 g/mol. The molecule has 0 aliphatic rings. The van der Waals surface area contributed by atoms with E-state index in [9.17, 15) is 23.2 Å². The molecule has 4 rings (SSSR count). The van der Waals surface area contributed by atoms with Crippen molar-refractivity contribution >= 4 is 40.6 Å². The largest absolute Gasteiger partial charge is 0.466 e. The molecule has 3 amide bonds. The number of aryl methyl sites for hydroxylation is 1. The van der Waals surface area contributed by atoms with Gasteiger partial charge < -0.3 is 25.4 Å². The first-order valence-corrected chi connectivity index (χ1v) is 13.4. The zero-order valence-corrected chi connectivity index (χ0v) is 22.9. The van der Waals surface area contributed by atoms with Gasteiger partial charge in [0.25, 0.3) is 5.91 Å². The van der Waals surface area contributed by atoms with Crippen LogP contribution in [0.3, 0.4) is 0 Å². The molecule has 0 saturated heterocycles. The molecule has 0 aliphatic carbocycles. The van der Waals surface area contributed by atoms with Crippen molar-refractivity contribution in [2.24, 2.45) is 0 Å². The second kappa shape index (κ2) is 13.5. The highest BCUT2D eigenvalue weighted by molar-refractivity contribution is 7.12. The molecule has 0 unspecified atom stereocenters. The minimum absolute atomic E-state index is 0.0243. The van der Waals surface area contributed by atoms with Gasteiger partial charge in [0.05, 0.1) is 35.0 Å². The van der Waals surface area contributed by atoms with Gasteiger partial charge in [-0.2, -0.15) is 0 Å². The van der Waals surface area contributed by atoms with Crippen LogP contribution < -0.4 is 20.7 Å². The maximum absolute atomic E-state index is 14.7. The standard InChI is InChI=1S/C29H26F2N4O5S/c1-3-39-27(36)9-11-33-28(37)26-13-18(16-41-26)24-15-20(8-10-32-24)40-19-5-7-23(22(31)14-19)34-29(38)35-25-12-17(2)4-6-21(25)30/h4-8,10,12-16H,3,9,11H2,1-2H3,(H,33,37)(H2,34,35,38). The number of ether oxygens (including phenoxy) is 2. The van der Waals surface area contributed by atoms with Crippen LogP contribution in [0.1, 0.15) is 28.6 Å². The molecule has 0 atom stereocenters. The van der Waals surface area contributed by atoms with Gasteiger partial charge in [0.1, 0.15) is 23.1 Å². The van der Waals surface area contributed by atoms with Crippen molar-refractivity contribution in [3.63, 3.8) is 0 Å². The van der Waals surface area contributed by atoms with E-state index in [4.69, 9.17) is 9.47 Å². The fourth-order valence-electron chi connectivity index (χ4n) is 3.63. The number of benzene rings is 2. The number of aromatic nitrogens is 1. The number of rotatable bonds is 10. The number of thiophene rings is 1. The molecule has 4 aromatic rings. The lowest BCUT2D eigenvalue weighted by Crippen LogP contribution is -2.25. The Bertz CT molecular complexity index is 1580. The van der Waals surface area contributed by atoms with E-state index in [0.717, 1.165) is 11.6 Å². The molecule has 2 heterocycles. The Labute approximate surface area is 238 Å². The van der Waals surface area contributed by atoms with E-state index in [1.54, 1.807) is 43.5 Å². The summed E-state index contributed by atoms with van der Waals surface area (Å²) >= 11 is 1.22. The van der Waals surface area contributed by atoms with E-state index >= 15 is 0 Å². The number of carbonyl (C=O) groups excluding carboxylic acids is 3. The Kier molecular flexibility index (Phi) is 9.59. The number of nitrogens with one attached hydrogen (secondary N) is 3. The lowest BCUT2D eigenvalue weighted by atomic mass is 10.2. The highest BCUT2D eigenvalue weighted by atomic mass is 32.1. The fourth-order valence-corrected chi connectivity index (χ4v) is 4.44. The van der Waals surface area contributed by atoms with Crippen LogP contribution in [-0.2, 0) is 9.53 Å². The van der Waals surface area contributed by atoms with E-state index in [0.29, 0.717) is 21.9 Å². The molecule has 0 spiro atoms. The van der Waals surface area contributed by atoms with Gasteiger partial charge in [-0.3, -0.25) is 14.6 Å². The van der Waals surface area contributed by atoms with Crippen molar-refractivity contribution in [1.82, 2.24) is 10.3 Å². The zero-order valence-electron chi connectivity index (χ0n) is 22.1. The van der Waals surface area contributed by atoms with Crippen LogP contribution in [0.2, 0.25) is 0 Å². The van der Waals surface area contributed by atoms with Gasteiger partial charge in [0.15, 0.2) is 0 Å². The summed E-state index contributed by atoms with van der Waals surface area (Å²) in [6.45, 7) is 3.91. The molecule has 0 aliphatic heterocycles. The summed E-state index contributed by atoms with van der Waals surface area (Å²) in [7, 11) is 0. The van der Waals surface area contributed by atoms with E-state index in [-0.39, 0.29) is 48.6 Å². The second-order valence-electron chi connectivity index (χ2n) is 8.69. The first kappa shape index (κ1) is 29.2. The molecule has 41 heavy (non-hydrogen) atoms. The van der Waals surface area contributed by atoms with Crippen LogP contribution in [0, 0.1) is 18.6 Å². The number of hydrogen-bond donors (Lipinski definition) is 3. The smallest absolute Gasteiger partial charge is 0.323 e. The Morgan fingerprint density at radius 3 is 2.49 bits per heavy atom. The minimum atomic E-state index is -0.802. The number of nitrogens with zero attached hydrogens (tertiary/aromatic N) is 1. The summed E-state index contributed by atoms with van der Waals surface area (Å²) in [6, 6.07) is 12.3. The third kappa shape index (κ3) is 8.08. The van der Waals surface area contributed by atoms with Gasteiger partial charge in [-0.25, -0.2) is 13.6 Å². The summed E-state index contributed by atoms with van der Waals surface area (Å²) in [5.41, 5.74) is 1.82. The third-order valence-electron chi connectivity index (χ3n) is 5.56. The van der Waals surface area contributed by atoms with Crippen LogP contribution >= 0.6 is 11.3 Å². The van der Waals surface area contributed by atoms with Crippen LogP contribution in [0.5, 0.6) is 11.5 Å². The third-order valence-corrected chi connectivity index (χ3v) is 6.49. The number of halogens is 2. The molecule has 2 aromatic carbocycles. The van der Waals surface area contributed by atoms with Gasteiger partial charge in [0, 0.05) is 35.8 Å². The SMILES string of the molecule is CCOC(=O)CCNC(=O)c1cc(-c2cc(Oc3ccc(NC(=O)Nc4cc(C)ccc4F)c(F)c3)ccn2)cs1. The monoisotopic (exact) mass is 580 g/mol. The van der Waals surface area contributed by atoms with E-state index < -0.39 is 17.7 Å². The van der Waals surface area contributed by atoms with E-state index in [1.807, 2.05) is 0 Å². The number of anilines is 2. The highest BCUT2D eigenvalue weighted by Crippen LogP contribution is 2.30. The lowest BCUT2D eigenvalue weighted by Gasteiger charge is -2.11. The van der Waals surface area contributed by atoms with Gasteiger partial charge in [-0.05, 0) is 55.8 Å². The van der Waals surface area contributed by atoms with E-state index in [1.165, 1.54) is 41.8 Å². The summed E-state index contributed by atoms with van der Waals surface area (Å²) in [5.74, 6) is -1.53. The molecule has 0 saturated carbocycles. The number of carbonyl (C=O) groups is 3. The van der Waals surface area contributed by atoms with Gasteiger partial charge in [-0.1, -0.05) is 6.07 Å². The maximum atomic E-state index is 14.7. The molecule has 12 heteroatoms. The summed E-state index contributed by atoms with van der Waals surface area (Å²) in [4.78, 5) is 40.8. The van der Waals surface area contributed by atoms with Crippen LogP contribution in [0.25, 0.3) is 11.3 Å². The molecule has 0 fully saturated rings. The van der Waals surface area contributed by atoms with Crippen molar-refractivity contribution < 1.29 is 32.6 Å². The van der Waals surface area contributed by atoms with Gasteiger partial charge in [-0.15, -0.1) is 11.3 Å². The first-order valence-electron chi connectivity index (χ1n) is 12.5. The Morgan fingerprint density at radius 1 is 0.927 bits per heavy atom. The average Bonchev–Trinajstić information content (AvgIpc) is 3.43. The maximum Gasteiger partial charge on any atom is 0.323 e. The normalized spacial score (nSPS) is 10.5. The number of esters is 1. The Hall–Kier alpha value is -4.84. The number of amides is 3. The predicted octanol–water partition coefficient (Wildman–Crippen LogP) is 6.52. The number of pyridine rings is 1. The van der Waals surface area contributed by atoms with E-state index in [2.05, 4.69) is 20.9 Å². The molecule has 9 nitrogen and oxygen atoms in total.